The van der Waals surface area contributed by atoms with Crippen molar-refractivity contribution in [2.24, 2.45) is 0 Å². The standard InChI is InChI=1S/C22H27N3O3/c1-3-22(26)23-16-21-24-19-8-4-5-9-20(19)25(21)14-6-7-15-28-18-12-10-17(27-2)11-13-18/h4-5,8-13H,3,6-7,14-16H2,1-2H3,(H,23,26). The van der Waals surface area contributed by atoms with Gasteiger partial charge < -0.3 is 19.4 Å². The van der Waals surface area contributed by atoms with E-state index in [0.717, 1.165) is 47.7 Å². The number of benzene rings is 2. The summed E-state index contributed by atoms with van der Waals surface area (Å²) in [6, 6.07) is 15.7. The number of methoxy groups -OCH3 is 1. The second kappa shape index (κ2) is 9.78. The molecule has 0 radical (unpaired) electrons. The molecule has 3 rings (SSSR count). The number of nitrogens with zero attached hydrogens (tertiary/aromatic N) is 2. The van der Waals surface area contributed by atoms with Crippen molar-refractivity contribution in [1.29, 1.82) is 0 Å². The zero-order valence-corrected chi connectivity index (χ0v) is 16.5. The summed E-state index contributed by atoms with van der Waals surface area (Å²) in [5.41, 5.74) is 2.05. The van der Waals surface area contributed by atoms with Gasteiger partial charge in [0.15, 0.2) is 0 Å². The van der Waals surface area contributed by atoms with Crippen LogP contribution in [-0.2, 0) is 17.9 Å². The highest BCUT2D eigenvalue weighted by molar-refractivity contribution is 5.77. The van der Waals surface area contributed by atoms with Gasteiger partial charge in [-0.15, -0.1) is 0 Å². The highest BCUT2D eigenvalue weighted by Gasteiger charge is 2.11. The maximum Gasteiger partial charge on any atom is 0.220 e. The fourth-order valence-electron chi connectivity index (χ4n) is 3.05. The summed E-state index contributed by atoms with van der Waals surface area (Å²) in [4.78, 5) is 16.3. The van der Waals surface area contributed by atoms with Crippen molar-refractivity contribution in [1.82, 2.24) is 14.9 Å². The summed E-state index contributed by atoms with van der Waals surface area (Å²) in [6.07, 6.45) is 2.37. The number of para-hydroxylation sites is 2. The van der Waals surface area contributed by atoms with Crippen molar-refractivity contribution in [3.8, 4) is 11.5 Å². The lowest BCUT2D eigenvalue weighted by Crippen LogP contribution is -2.23. The van der Waals surface area contributed by atoms with Crippen LogP contribution in [0.2, 0.25) is 0 Å². The molecule has 1 N–H and O–H groups in total. The predicted octanol–water partition coefficient (Wildman–Crippen LogP) is 3.93. The van der Waals surface area contributed by atoms with E-state index in [1.165, 1.54) is 0 Å². The average Bonchev–Trinajstić information content (AvgIpc) is 3.09. The molecule has 0 aliphatic heterocycles. The predicted molar refractivity (Wildman–Crippen MR) is 110 cm³/mol. The molecule has 0 saturated carbocycles. The number of ether oxygens (including phenoxy) is 2. The van der Waals surface area contributed by atoms with E-state index in [9.17, 15) is 4.79 Å². The minimum atomic E-state index is 0.0338. The Kier molecular flexibility index (Phi) is 6.89. The van der Waals surface area contributed by atoms with Crippen molar-refractivity contribution < 1.29 is 14.3 Å². The number of aromatic nitrogens is 2. The largest absolute Gasteiger partial charge is 0.497 e. The normalized spacial score (nSPS) is 10.8. The van der Waals surface area contributed by atoms with Gasteiger partial charge in [0.2, 0.25) is 5.91 Å². The number of hydrogen-bond donors (Lipinski definition) is 1. The van der Waals surface area contributed by atoms with Crippen LogP contribution in [0.4, 0.5) is 0 Å². The van der Waals surface area contributed by atoms with Crippen molar-refractivity contribution in [3.63, 3.8) is 0 Å². The quantitative estimate of drug-likeness (QED) is 0.541. The van der Waals surface area contributed by atoms with Crippen LogP contribution in [0, 0.1) is 0 Å². The van der Waals surface area contributed by atoms with Crippen molar-refractivity contribution in [3.05, 3.63) is 54.4 Å². The Bertz CT molecular complexity index is 903. The molecular weight excluding hydrogens is 354 g/mol. The van der Waals surface area contributed by atoms with Gasteiger partial charge in [0.25, 0.3) is 0 Å². The van der Waals surface area contributed by atoms with Crippen LogP contribution in [0.15, 0.2) is 48.5 Å². The number of rotatable bonds is 10. The number of unbranched alkanes of at least 4 members (excludes halogenated alkanes) is 1. The van der Waals surface area contributed by atoms with Crippen LogP contribution in [-0.4, -0.2) is 29.2 Å². The lowest BCUT2D eigenvalue weighted by Gasteiger charge is -2.11. The summed E-state index contributed by atoms with van der Waals surface area (Å²) in [7, 11) is 1.65. The van der Waals surface area contributed by atoms with E-state index >= 15 is 0 Å². The Morgan fingerprint density at radius 2 is 1.82 bits per heavy atom. The minimum absolute atomic E-state index is 0.0338. The zero-order valence-electron chi connectivity index (χ0n) is 16.5. The number of carbonyl (C=O) groups is 1. The topological polar surface area (TPSA) is 65.4 Å². The Labute approximate surface area is 165 Å². The first-order valence-electron chi connectivity index (χ1n) is 9.69. The first-order valence-corrected chi connectivity index (χ1v) is 9.69. The maximum atomic E-state index is 11.6. The molecule has 6 heteroatoms. The van der Waals surface area contributed by atoms with Gasteiger partial charge in [0.1, 0.15) is 17.3 Å². The number of nitrogens with one attached hydrogen (secondary N) is 1. The Morgan fingerprint density at radius 1 is 1.07 bits per heavy atom. The van der Waals surface area contributed by atoms with Crippen LogP contribution in [0.3, 0.4) is 0 Å². The molecular formula is C22H27N3O3. The van der Waals surface area contributed by atoms with Crippen LogP contribution in [0.1, 0.15) is 32.0 Å². The average molecular weight is 381 g/mol. The Hall–Kier alpha value is -3.02. The second-order valence-corrected chi connectivity index (χ2v) is 6.53. The Balaban J connectivity index is 1.55. The number of amides is 1. The smallest absolute Gasteiger partial charge is 0.220 e. The fraction of sp³-hybridized carbons (Fsp3) is 0.364. The fourth-order valence-corrected chi connectivity index (χ4v) is 3.05. The lowest BCUT2D eigenvalue weighted by atomic mass is 10.3. The molecule has 0 saturated heterocycles. The third-order valence-electron chi connectivity index (χ3n) is 4.60. The van der Waals surface area contributed by atoms with Gasteiger partial charge in [-0.25, -0.2) is 4.98 Å². The third kappa shape index (κ3) is 5.03. The molecule has 0 unspecified atom stereocenters. The highest BCUT2D eigenvalue weighted by atomic mass is 16.5. The Morgan fingerprint density at radius 3 is 2.57 bits per heavy atom. The summed E-state index contributed by atoms with van der Waals surface area (Å²) in [5, 5.41) is 2.93. The van der Waals surface area contributed by atoms with Crippen LogP contribution >= 0.6 is 0 Å². The molecule has 2 aromatic carbocycles. The van der Waals surface area contributed by atoms with E-state index in [1.54, 1.807) is 7.11 Å². The van der Waals surface area contributed by atoms with Crippen molar-refractivity contribution >= 4 is 16.9 Å². The van der Waals surface area contributed by atoms with Gasteiger partial charge in [0, 0.05) is 13.0 Å². The number of hydrogen-bond acceptors (Lipinski definition) is 4. The van der Waals surface area contributed by atoms with Gasteiger partial charge in [-0.3, -0.25) is 4.79 Å². The molecule has 1 heterocycles. The molecule has 0 aliphatic carbocycles. The molecule has 0 aliphatic rings. The van der Waals surface area contributed by atoms with Crippen LogP contribution < -0.4 is 14.8 Å². The molecule has 28 heavy (non-hydrogen) atoms. The minimum Gasteiger partial charge on any atom is -0.497 e. The van der Waals surface area contributed by atoms with E-state index in [-0.39, 0.29) is 5.91 Å². The molecule has 148 valence electrons. The van der Waals surface area contributed by atoms with E-state index < -0.39 is 0 Å². The molecule has 1 aromatic heterocycles. The third-order valence-corrected chi connectivity index (χ3v) is 4.60. The van der Waals surface area contributed by atoms with Gasteiger partial charge in [0.05, 0.1) is 31.3 Å². The van der Waals surface area contributed by atoms with Crippen LogP contribution in [0.5, 0.6) is 11.5 Å². The van der Waals surface area contributed by atoms with E-state index in [4.69, 9.17) is 9.47 Å². The number of imidazole rings is 1. The van der Waals surface area contributed by atoms with Crippen molar-refractivity contribution in [2.45, 2.75) is 39.3 Å². The molecule has 3 aromatic rings. The number of fused-ring (bicyclic) bond motifs is 1. The zero-order chi connectivity index (χ0) is 19.8. The first-order chi connectivity index (χ1) is 13.7. The number of aryl methyl sites for hydroxylation is 1. The van der Waals surface area contributed by atoms with Gasteiger partial charge >= 0.3 is 0 Å². The van der Waals surface area contributed by atoms with Gasteiger partial charge in [-0.05, 0) is 49.2 Å². The molecule has 6 nitrogen and oxygen atoms in total. The summed E-state index contributed by atoms with van der Waals surface area (Å²) >= 11 is 0. The maximum absolute atomic E-state index is 11.6. The van der Waals surface area contributed by atoms with E-state index in [0.29, 0.717) is 19.6 Å². The first kappa shape index (κ1) is 19.7. The molecule has 0 fully saturated rings. The second-order valence-electron chi connectivity index (χ2n) is 6.53. The molecule has 0 bridgehead atoms. The SMILES string of the molecule is CCC(=O)NCc1nc2ccccc2n1CCCCOc1ccc(OC)cc1. The molecule has 1 amide bonds. The highest BCUT2D eigenvalue weighted by Crippen LogP contribution is 2.19. The summed E-state index contributed by atoms with van der Waals surface area (Å²) in [6.45, 7) is 3.79. The summed E-state index contributed by atoms with van der Waals surface area (Å²) in [5.74, 6) is 2.59. The molecule has 0 atom stereocenters. The lowest BCUT2D eigenvalue weighted by molar-refractivity contribution is -0.120. The number of carbonyl (C=O) groups excluding carboxylic acids is 1. The van der Waals surface area contributed by atoms with Gasteiger partial charge in [-0.2, -0.15) is 0 Å². The van der Waals surface area contributed by atoms with E-state index in [2.05, 4.69) is 20.9 Å². The van der Waals surface area contributed by atoms with E-state index in [1.807, 2.05) is 49.4 Å². The molecule has 0 spiro atoms. The monoisotopic (exact) mass is 381 g/mol. The summed E-state index contributed by atoms with van der Waals surface area (Å²) < 4.78 is 13.1. The van der Waals surface area contributed by atoms with Crippen LogP contribution in [0.25, 0.3) is 11.0 Å². The van der Waals surface area contributed by atoms with Gasteiger partial charge in [-0.1, -0.05) is 19.1 Å². The van der Waals surface area contributed by atoms with Crippen molar-refractivity contribution in [2.75, 3.05) is 13.7 Å².